The summed E-state index contributed by atoms with van der Waals surface area (Å²) < 4.78 is 28.3. The molecule has 6 heteroatoms. The first kappa shape index (κ1) is 31.8. The van der Waals surface area contributed by atoms with Crippen molar-refractivity contribution in [1.29, 1.82) is 0 Å². The minimum absolute atomic E-state index is 0. The maximum absolute atomic E-state index is 12.3. The predicted molar refractivity (Wildman–Crippen MR) is 124 cm³/mol. The average Bonchev–Trinajstić information content (AvgIpc) is 2.60. The normalized spacial score (nSPS) is 12.8. The third-order valence-electron chi connectivity index (χ3n) is 5.75. The van der Waals surface area contributed by atoms with Gasteiger partial charge < -0.3 is 28.5 Å². The van der Waals surface area contributed by atoms with Crippen LogP contribution in [-0.4, -0.2) is 52.4 Å². The average molecular weight is 547 g/mol. The van der Waals surface area contributed by atoms with Crippen molar-refractivity contribution in [1.82, 2.24) is 4.72 Å². The van der Waals surface area contributed by atoms with E-state index in [1.807, 2.05) is 0 Å². The van der Waals surface area contributed by atoms with Gasteiger partial charge in [0.05, 0.1) is 32.9 Å². The van der Waals surface area contributed by atoms with Crippen LogP contribution in [0.3, 0.4) is 0 Å². The molecule has 0 heterocycles. The van der Waals surface area contributed by atoms with Crippen LogP contribution >= 0.6 is 0 Å². The number of hydrogen-bond donors (Lipinski definition) is 1. The molecule has 0 unspecified atom stereocenters. The summed E-state index contributed by atoms with van der Waals surface area (Å²) in [6.45, 7) is 11.3. The SMILES string of the molecule is CCCCCCCCCCCCCCS(=O)(=O)NCC(C)(C)C[N+](C)(C)CC.[I-]. The van der Waals surface area contributed by atoms with E-state index in [0.717, 1.165) is 30.4 Å². The molecule has 0 rings (SSSR count). The van der Waals surface area contributed by atoms with Crippen molar-refractivity contribution in [3.8, 4) is 0 Å². The largest absolute Gasteiger partial charge is 1.00 e. The van der Waals surface area contributed by atoms with Crippen LogP contribution in [0.4, 0.5) is 0 Å². The summed E-state index contributed by atoms with van der Waals surface area (Å²) in [6, 6.07) is 0. The third-order valence-corrected chi connectivity index (χ3v) is 7.16. The zero-order valence-corrected chi connectivity index (χ0v) is 23.3. The van der Waals surface area contributed by atoms with Crippen LogP contribution in [0.2, 0.25) is 0 Å². The van der Waals surface area contributed by atoms with Gasteiger partial charge in [0.2, 0.25) is 10.0 Å². The van der Waals surface area contributed by atoms with Crippen molar-refractivity contribution in [2.45, 2.75) is 105 Å². The molecule has 178 valence electrons. The van der Waals surface area contributed by atoms with Crippen LogP contribution in [-0.2, 0) is 10.0 Å². The molecule has 29 heavy (non-hydrogen) atoms. The van der Waals surface area contributed by atoms with Gasteiger partial charge in [-0.3, -0.25) is 0 Å². The fourth-order valence-corrected chi connectivity index (χ4v) is 5.18. The van der Waals surface area contributed by atoms with Crippen molar-refractivity contribution in [3.05, 3.63) is 0 Å². The number of halogens is 1. The standard InChI is InChI=1S/C23H51N2O2S.HI/c1-7-9-10-11-12-13-14-15-16-17-18-19-20-28(26,27)24-21-23(3,4)22-25(5,6)8-2;/h24H,7-22H2,1-6H3;1H/q+1;/p-1. The van der Waals surface area contributed by atoms with Crippen LogP contribution in [0.25, 0.3) is 0 Å². The molecule has 0 aromatic heterocycles. The van der Waals surface area contributed by atoms with Crippen molar-refractivity contribution < 1.29 is 36.9 Å². The second kappa shape index (κ2) is 17.2. The quantitative estimate of drug-likeness (QED) is 0.154. The highest BCUT2D eigenvalue weighted by Gasteiger charge is 2.28. The van der Waals surface area contributed by atoms with Crippen molar-refractivity contribution in [2.24, 2.45) is 5.41 Å². The number of nitrogens with zero attached hydrogens (tertiary/aromatic N) is 1. The summed E-state index contributed by atoms with van der Waals surface area (Å²) in [5.74, 6) is 0.270. The Hall–Kier alpha value is 0.600. The van der Waals surface area contributed by atoms with E-state index < -0.39 is 10.0 Å². The highest BCUT2D eigenvalue weighted by atomic mass is 127. The van der Waals surface area contributed by atoms with Gasteiger partial charge in [0, 0.05) is 12.0 Å². The Morgan fingerprint density at radius 1 is 0.759 bits per heavy atom. The van der Waals surface area contributed by atoms with Crippen LogP contribution in [0, 0.1) is 5.41 Å². The van der Waals surface area contributed by atoms with Gasteiger partial charge in [-0.1, -0.05) is 91.4 Å². The molecule has 0 bridgehead atoms. The molecule has 0 aliphatic rings. The van der Waals surface area contributed by atoms with Gasteiger partial charge in [-0.25, -0.2) is 13.1 Å². The topological polar surface area (TPSA) is 46.2 Å². The highest BCUT2D eigenvalue weighted by Crippen LogP contribution is 2.19. The molecule has 0 saturated carbocycles. The van der Waals surface area contributed by atoms with Gasteiger partial charge in [0.1, 0.15) is 0 Å². The van der Waals surface area contributed by atoms with Gasteiger partial charge in [0.15, 0.2) is 0 Å². The first-order valence-electron chi connectivity index (χ1n) is 11.8. The van der Waals surface area contributed by atoms with Crippen LogP contribution < -0.4 is 28.7 Å². The molecule has 0 spiro atoms. The first-order chi connectivity index (χ1) is 13.0. The number of unbranched alkanes of at least 4 members (excludes halogenated alkanes) is 11. The molecular weight excluding hydrogens is 495 g/mol. The molecule has 0 radical (unpaired) electrons. The Balaban J connectivity index is 0. The molecular formula is C23H51IN2O2S. The smallest absolute Gasteiger partial charge is 0.211 e. The van der Waals surface area contributed by atoms with Gasteiger partial charge >= 0.3 is 0 Å². The van der Waals surface area contributed by atoms with E-state index in [0.29, 0.717) is 6.54 Å². The fourth-order valence-electron chi connectivity index (χ4n) is 3.84. The lowest BCUT2D eigenvalue weighted by atomic mass is 9.92. The Morgan fingerprint density at radius 3 is 1.59 bits per heavy atom. The van der Waals surface area contributed by atoms with Gasteiger partial charge in [-0.05, 0) is 13.3 Å². The number of sulfonamides is 1. The van der Waals surface area contributed by atoms with E-state index in [1.165, 1.54) is 64.2 Å². The molecule has 4 nitrogen and oxygen atoms in total. The van der Waals surface area contributed by atoms with Crippen molar-refractivity contribution >= 4 is 10.0 Å². The molecule has 0 aliphatic carbocycles. The van der Waals surface area contributed by atoms with Crippen molar-refractivity contribution in [3.63, 3.8) is 0 Å². The van der Waals surface area contributed by atoms with Gasteiger partial charge in [0.25, 0.3) is 0 Å². The molecule has 0 fully saturated rings. The minimum atomic E-state index is -3.15. The number of quaternary nitrogens is 1. The minimum Gasteiger partial charge on any atom is -1.00 e. The fraction of sp³-hybridized carbons (Fsp3) is 1.00. The van der Waals surface area contributed by atoms with E-state index in [1.54, 1.807) is 0 Å². The number of nitrogens with one attached hydrogen (secondary N) is 1. The van der Waals surface area contributed by atoms with E-state index in [4.69, 9.17) is 0 Å². The van der Waals surface area contributed by atoms with E-state index in [2.05, 4.69) is 46.5 Å². The van der Waals surface area contributed by atoms with Gasteiger partial charge in [-0.2, -0.15) is 0 Å². The predicted octanol–water partition coefficient (Wildman–Crippen LogP) is 2.73. The molecule has 0 aromatic carbocycles. The zero-order chi connectivity index (χ0) is 21.5. The Kier molecular flexibility index (Phi) is 18.8. The lowest BCUT2D eigenvalue weighted by Gasteiger charge is -2.36. The molecule has 1 N–H and O–H groups in total. The van der Waals surface area contributed by atoms with E-state index >= 15 is 0 Å². The summed E-state index contributed by atoms with van der Waals surface area (Å²) in [7, 11) is 1.25. The summed E-state index contributed by atoms with van der Waals surface area (Å²) in [5, 5.41) is 0. The highest BCUT2D eigenvalue weighted by molar-refractivity contribution is 7.89. The molecule has 0 atom stereocenters. The van der Waals surface area contributed by atoms with Crippen molar-refractivity contribution in [2.75, 3.05) is 39.5 Å². The van der Waals surface area contributed by atoms with Gasteiger partial charge in [-0.15, -0.1) is 0 Å². The Labute approximate surface area is 200 Å². The maximum atomic E-state index is 12.3. The molecule has 0 amide bonds. The third kappa shape index (κ3) is 20.3. The monoisotopic (exact) mass is 546 g/mol. The Bertz CT molecular complexity index is 479. The summed E-state index contributed by atoms with van der Waals surface area (Å²) >= 11 is 0. The van der Waals surface area contributed by atoms with Crippen LogP contribution in [0.15, 0.2) is 0 Å². The van der Waals surface area contributed by atoms with E-state index in [-0.39, 0.29) is 35.1 Å². The summed E-state index contributed by atoms with van der Waals surface area (Å²) in [4.78, 5) is 0. The lowest BCUT2D eigenvalue weighted by molar-refractivity contribution is -0.894. The van der Waals surface area contributed by atoms with E-state index in [9.17, 15) is 8.42 Å². The number of rotatable bonds is 19. The van der Waals surface area contributed by atoms with Crippen LogP contribution in [0.1, 0.15) is 105 Å². The molecule has 0 aliphatic heterocycles. The first-order valence-corrected chi connectivity index (χ1v) is 13.5. The maximum Gasteiger partial charge on any atom is 0.211 e. The second-order valence-electron chi connectivity index (χ2n) is 10.1. The molecule has 0 aromatic rings. The lowest BCUT2D eigenvalue weighted by Crippen LogP contribution is -3.00. The second-order valence-corrected chi connectivity index (χ2v) is 12.0. The zero-order valence-electron chi connectivity index (χ0n) is 20.4. The van der Waals surface area contributed by atoms with Crippen LogP contribution in [0.5, 0.6) is 0 Å². The Morgan fingerprint density at radius 2 is 1.17 bits per heavy atom. The summed E-state index contributed by atoms with van der Waals surface area (Å²) in [6.07, 6.45) is 15.1. The summed E-state index contributed by atoms with van der Waals surface area (Å²) in [5.41, 5.74) is -0.0386. The number of hydrogen-bond acceptors (Lipinski definition) is 2. The molecule has 0 saturated heterocycles.